The van der Waals surface area contributed by atoms with E-state index in [1.807, 2.05) is 26.0 Å². The lowest BCUT2D eigenvalue weighted by Crippen LogP contribution is -2.29. The van der Waals surface area contributed by atoms with Crippen molar-refractivity contribution in [3.63, 3.8) is 0 Å². The van der Waals surface area contributed by atoms with E-state index >= 15 is 0 Å². The predicted molar refractivity (Wildman–Crippen MR) is 133 cm³/mol. The van der Waals surface area contributed by atoms with Gasteiger partial charge >= 0.3 is 0 Å². The summed E-state index contributed by atoms with van der Waals surface area (Å²) in [5.41, 5.74) is 3.04. The second-order valence-corrected chi connectivity index (χ2v) is 8.62. The molecule has 4 rings (SSSR count). The summed E-state index contributed by atoms with van der Waals surface area (Å²) in [7, 11) is 2.83. The minimum absolute atomic E-state index is 0.0287. The molecule has 8 heteroatoms. The van der Waals surface area contributed by atoms with Crippen molar-refractivity contribution < 1.29 is 29.3 Å². The molecule has 3 aromatic rings. The molecule has 0 bridgehead atoms. The number of phenolic OH excluding ortho intramolecular Hbond substituents is 1. The van der Waals surface area contributed by atoms with Crippen LogP contribution in [0.5, 0.6) is 17.2 Å². The summed E-state index contributed by atoms with van der Waals surface area (Å²) in [4.78, 5) is 28.1. The van der Waals surface area contributed by atoms with Crippen LogP contribution in [0.1, 0.15) is 28.3 Å². The number of hydrogen-bond donors (Lipinski definition) is 2. The van der Waals surface area contributed by atoms with Gasteiger partial charge in [-0.25, -0.2) is 0 Å². The van der Waals surface area contributed by atoms with Crippen LogP contribution < -0.4 is 14.4 Å². The van der Waals surface area contributed by atoms with E-state index < -0.39 is 23.5 Å². The highest BCUT2D eigenvalue weighted by Crippen LogP contribution is 2.45. The summed E-state index contributed by atoms with van der Waals surface area (Å²) in [5.74, 6) is -1.57. The van der Waals surface area contributed by atoms with Gasteiger partial charge in [-0.15, -0.1) is 0 Å². The summed E-state index contributed by atoms with van der Waals surface area (Å²) in [5, 5.41) is 21.5. The van der Waals surface area contributed by atoms with Crippen LogP contribution in [0.15, 0.2) is 60.2 Å². The van der Waals surface area contributed by atoms with Gasteiger partial charge in [-0.1, -0.05) is 29.8 Å². The van der Waals surface area contributed by atoms with Crippen LogP contribution in [0.4, 0.5) is 5.69 Å². The number of aliphatic hydroxyl groups is 1. The van der Waals surface area contributed by atoms with E-state index in [-0.39, 0.29) is 33.4 Å². The number of methoxy groups -OCH3 is 2. The average molecular weight is 494 g/mol. The number of amides is 1. The van der Waals surface area contributed by atoms with Gasteiger partial charge in [-0.2, -0.15) is 0 Å². The Hall–Kier alpha value is -3.97. The Bertz CT molecular complexity index is 1360. The van der Waals surface area contributed by atoms with Gasteiger partial charge in [0.15, 0.2) is 0 Å². The first-order valence-corrected chi connectivity index (χ1v) is 11.1. The number of carbonyl (C=O) groups excluding carboxylic acids is 2. The Balaban J connectivity index is 2.00. The Kier molecular flexibility index (Phi) is 6.45. The van der Waals surface area contributed by atoms with Crippen LogP contribution in [0.3, 0.4) is 0 Å². The van der Waals surface area contributed by atoms with Crippen LogP contribution in [0.25, 0.3) is 5.76 Å². The molecule has 3 aromatic carbocycles. The Morgan fingerprint density at radius 1 is 0.914 bits per heavy atom. The summed E-state index contributed by atoms with van der Waals surface area (Å²) in [6.45, 7) is 3.86. The van der Waals surface area contributed by atoms with Crippen molar-refractivity contribution in [1.82, 2.24) is 0 Å². The molecule has 0 aliphatic carbocycles. The molecule has 1 saturated heterocycles. The average Bonchev–Trinajstić information content (AvgIpc) is 3.11. The number of aliphatic hydroxyl groups excluding tert-OH is 1. The van der Waals surface area contributed by atoms with Gasteiger partial charge in [0, 0.05) is 11.8 Å². The third kappa shape index (κ3) is 4.19. The molecular weight excluding hydrogens is 470 g/mol. The highest BCUT2D eigenvalue weighted by Gasteiger charge is 2.47. The number of halogens is 1. The van der Waals surface area contributed by atoms with E-state index in [0.717, 1.165) is 11.1 Å². The van der Waals surface area contributed by atoms with Gasteiger partial charge in [0.25, 0.3) is 11.7 Å². The smallest absolute Gasteiger partial charge is 0.300 e. The number of ether oxygens (including phenoxy) is 2. The maximum atomic E-state index is 13.4. The molecule has 2 N–H and O–H groups in total. The molecule has 0 radical (unpaired) electrons. The van der Waals surface area contributed by atoms with Crippen molar-refractivity contribution >= 4 is 34.7 Å². The third-order valence-electron chi connectivity index (χ3n) is 6.15. The quantitative estimate of drug-likeness (QED) is 0.284. The van der Waals surface area contributed by atoms with Gasteiger partial charge in [-0.3, -0.25) is 14.5 Å². The first kappa shape index (κ1) is 24.2. The molecule has 1 aliphatic rings. The fourth-order valence-electron chi connectivity index (χ4n) is 4.14. The van der Waals surface area contributed by atoms with Crippen molar-refractivity contribution in [2.75, 3.05) is 19.1 Å². The molecule has 0 aromatic heterocycles. The maximum Gasteiger partial charge on any atom is 0.300 e. The normalized spacial score (nSPS) is 17.1. The van der Waals surface area contributed by atoms with E-state index in [0.29, 0.717) is 11.3 Å². The lowest BCUT2D eigenvalue weighted by molar-refractivity contribution is -0.132. The van der Waals surface area contributed by atoms with Crippen molar-refractivity contribution in [3.8, 4) is 17.2 Å². The Morgan fingerprint density at radius 3 is 2.17 bits per heavy atom. The molecule has 1 heterocycles. The summed E-state index contributed by atoms with van der Waals surface area (Å²) < 4.78 is 10.7. The SMILES string of the molecule is COc1cc(/C(O)=C2\C(=O)C(=O)N(c3ccc(C)c(C)c3)C2c2ccc(O)cc2)c(OC)cc1Cl. The van der Waals surface area contributed by atoms with Gasteiger partial charge < -0.3 is 19.7 Å². The number of aryl methyl sites for hydroxylation is 2. The van der Waals surface area contributed by atoms with Gasteiger partial charge in [0.2, 0.25) is 0 Å². The fourth-order valence-corrected chi connectivity index (χ4v) is 4.37. The van der Waals surface area contributed by atoms with Crippen LogP contribution in [-0.4, -0.2) is 36.1 Å². The van der Waals surface area contributed by atoms with E-state index in [1.54, 1.807) is 18.2 Å². The van der Waals surface area contributed by atoms with E-state index in [4.69, 9.17) is 21.1 Å². The minimum atomic E-state index is -0.955. The zero-order valence-electron chi connectivity index (χ0n) is 19.6. The summed E-state index contributed by atoms with van der Waals surface area (Å²) in [6.07, 6.45) is 0. The van der Waals surface area contributed by atoms with Crippen LogP contribution in [-0.2, 0) is 9.59 Å². The minimum Gasteiger partial charge on any atom is -0.508 e. The molecule has 1 fully saturated rings. The lowest BCUT2D eigenvalue weighted by Gasteiger charge is -2.26. The number of nitrogens with zero attached hydrogens (tertiary/aromatic N) is 1. The van der Waals surface area contributed by atoms with E-state index in [1.165, 1.54) is 43.4 Å². The second-order valence-electron chi connectivity index (χ2n) is 8.22. The molecule has 1 amide bonds. The highest BCUT2D eigenvalue weighted by molar-refractivity contribution is 6.51. The predicted octanol–water partition coefficient (Wildman–Crippen LogP) is 5.31. The number of hydrogen-bond acceptors (Lipinski definition) is 6. The zero-order valence-corrected chi connectivity index (χ0v) is 20.4. The largest absolute Gasteiger partial charge is 0.508 e. The number of Topliss-reactive ketones (excluding diaryl/α,β-unsaturated/α-hetero) is 1. The molecule has 1 aliphatic heterocycles. The fraction of sp³-hybridized carbons (Fsp3) is 0.185. The number of carbonyl (C=O) groups is 2. The second kappa shape index (κ2) is 9.35. The van der Waals surface area contributed by atoms with E-state index in [2.05, 4.69) is 0 Å². The number of ketones is 1. The molecule has 7 nitrogen and oxygen atoms in total. The molecule has 1 unspecified atom stereocenters. The van der Waals surface area contributed by atoms with Crippen LogP contribution in [0.2, 0.25) is 5.02 Å². The Morgan fingerprint density at radius 2 is 1.57 bits per heavy atom. The molecule has 1 atom stereocenters. The number of rotatable bonds is 5. The van der Waals surface area contributed by atoms with Crippen LogP contribution >= 0.6 is 11.6 Å². The molecule has 0 spiro atoms. The van der Waals surface area contributed by atoms with Crippen molar-refractivity contribution in [1.29, 1.82) is 0 Å². The first-order chi connectivity index (χ1) is 16.7. The first-order valence-electron chi connectivity index (χ1n) is 10.8. The van der Waals surface area contributed by atoms with Crippen molar-refractivity contribution in [2.45, 2.75) is 19.9 Å². The molecule has 35 heavy (non-hydrogen) atoms. The number of aromatic hydroxyl groups is 1. The Labute approximate surface area is 207 Å². The summed E-state index contributed by atoms with van der Waals surface area (Å²) in [6, 6.07) is 13.5. The number of phenols is 1. The number of benzene rings is 3. The van der Waals surface area contributed by atoms with Gasteiger partial charge in [-0.05, 0) is 60.9 Å². The van der Waals surface area contributed by atoms with E-state index in [9.17, 15) is 19.8 Å². The summed E-state index contributed by atoms with van der Waals surface area (Å²) >= 11 is 6.21. The lowest BCUT2D eigenvalue weighted by atomic mass is 9.94. The van der Waals surface area contributed by atoms with Crippen LogP contribution in [0, 0.1) is 13.8 Å². The van der Waals surface area contributed by atoms with Gasteiger partial charge in [0.05, 0.1) is 36.4 Å². The highest BCUT2D eigenvalue weighted by atomic mass is 35.5. The maximum absolute atomic E-state index is 13.4. The molecular formula is C27H24ClNO6. The number of anilines is 1. The standard InChI is InChI=1S/C27H24ClNO6/c1-14-5-8-17(11-15(14)2)29-24(16-6-9-18(30)10-7-16)23(26(32)27(29)33)25(31)19-12-22(35-4)20(28)13-21(19)34-3/h5-13,24,30-31H,1-4H3/b25-23+. The topological polar surface area (TPSA) is 96.3 Å². The monoisotopic (exact) mass is 493 g/mol. The van der Waals surface area contributed by atoms with Gasteiger partial charge in [0.1, 0.15) is 23.0 Å². The zero-order chi connectivity index (χ0) is 25.4. The van der Waals surface area contributed by atoms with Crippen molar-refractivity contribution in [3.05, 3.63) is 87.4 Å². The molecule has 0 saturated carbocycles. The third-order valence-corrected chi connectivity index (χ3v) is 6.45. The van der Waals surface area contributed by atoms with Crippen molar-refractivity contribution in [2.24, 2.45) is 0 Å². The molecule has 180 valence electrons.